The topological polar surface area (TPSA) is 32.3 Å². The molecule has 1 aliphatic rings. The van der Waals surface area contributed by atoms with Crippen LogP contribution >= 0.6 is 11.8 Å². The molecule has 0 spiro atoms. The van der Waals surface area contributed by atoms with E-state index in [1.807, 2.05) is 11.8 Å². The molecular formula is C14H28N2OS. The average Bonchev–Trinajstić information content (AvgIpc) is 2.70. The summed E-state index contributed by atoms with van der Waals surface area (Å²) in [6, 6.07) is 0.417. The molecule has 1 amide bonds. The maximum atomic E-state index is 12.4. The van der Waals surface area contributed by atoms with E-state index in [0.717, 1.165) is 37.9 Å². The van der Waals surface area contributed by atoms with E-state index in [2.05, 4.69) is 37.2 Å². The molecule has 1 fully saturated rings. The first-order chi connectivity index (χ1) is 8.65. The highest BCUT2D eigenvalue weighted by atomic mass is 32.2. The van der Waals surface area contributed by atoms with Crippen LogP contribution in [0.5, 0.6) is 0 Å². The zero-order valence-electron chi connectivity index (χ0n) is 12.2. The van der Waals surface area contributed by atoms with E-state index < -0.39 is 0 Å². The number of carbonyl (C=O) groups is 1. The summed E-state index contributed by atoms with van der Waals surface area (Å²) in [6.45, 7) is 6.51. The van der Waals surface area contributed by atoms with Crippen molar-refractivity contribution in [3.63, 3.8) is 0 Å². The predicted molar refractivity (Wildman–Crippen MR) is 79.8 cm³/mol. The van der Waals surface area contributed by atoms with E-state index in [1.165, 1.54) is 0 Å². The number of thioether (sulfide) groups is 1. The zero-order chi connectivity index (χ0) is 13.5. The van der Waals surface area contributed by atoms with Gasteiger partial charge in [-0.1, -0.05) is 26.7 Å². The lowest BCUT2D eigenvalue weighted by atomic mass is 10.1. The second-order valence-corrected chi connectivity index (χ2v) is 6.15. The summed E-state index contributed by atoms with van der Waals surface area (Å²) in [5.41, 5.74) is 0. The third kappa shape index (κ3) is 3.89. The van der Waals surface area contributed by atoms with Crippen LogP contribution in [0.2, 0.25) is 0 Å². The standard InChI is InChI=1S/C14H28N2OS/c1-5-7-8-12-14(17)16(13(6-2)15-12)11(3)9-10-18-4/h11-13,15H,5-10H2,1-4H3. The van der Waals surface area contributed by atoms with E-state index in [-0.39, 0.29) is 12.2 Å². The van der Waals surface area contributed by atoms with Crippen LogP contribution in [0.15, 0.2) is 0 Å². The molecule has 3 nitrogen and oxygen atoms in total. The third-order valence-electron chi connectivity index (χ3n) is 3.73. The highest BCUT2D eigenvalue weighted by molar-refractivity contribution is 7.98. The molecular weight excluding hydrogens is 244 g/mol. The quantitative estimate of drug-likeness (QED) is 0.737. The van der Waals surface area contributed by atoms with Gasteiger partial charge in [-0.05, 0) is 38.2 Å². The van der Waals surface area contributed by atoms with Crippen LogP contribution in [0.4, 0.5) is 0 Å². The van der Waals surface area contributed by atoms with Gasteiger partial charge in [0.2, 0.25) is 5.91 Å². The number of carbonyl (C=O) groups excluding carboxylic acids is 1. The highest BCUT2D eigenvalue weighted by Crippen LogP contribution is 2.22. The van der Waals surface area contributed by atoms with E-state index >= 15 is 0 Å². The molecule has 1 N–H and O–H groups in total. The van der Waals surface area contributed by atoms with Crippen molar-refractivity contribution in [3.8, 4) is 0 Å². The van der Waals surface area contributed by atoms with Crippen molar-refractivity contribution in [2.45, 2.75) is 71.1 Å². The number of amides is 1. The summed E-state index contributed by atoms with van der Waals surface area (Å²) in [5, 5.41) is 3.50. The molecule has 0 aromatic carbocycles. The zero-order valence-corrected chi connectivity index (χ0v) is 13.1. The summed E-state index contributed by atoms with van der Waals surface area (Å²) in [6.07, 6.45) is 7.73. The number of hydrogen-bond acceptors (Lipinski definition) is 3. The number of unbranched alkanes of at least 4 members (excludes halogenated alkanes) is 1. The fraction of sp³-hybridized carbons (Fsp3) is 0.929. The van der Waals surface area contributed by atoms with Gasteiger partial charge in [-0.3, -0.25) is 10.1 Å². The molecule has 1 rings (SSSR count). The molecule has 0 aliphatic carbocycles. The molecule has 1 aliphatic heterocycles. The number of nitrogens with one attached hydrogen (secondary N) is 1. The fourth-order valence-corrected chi connectivity index (χ4v) is 3.18. The van der Waals surface area contributed by atoms with Crippen molar-refractivity contribution < 1.29 is 4.79 Å². The Labute approximate surface area is 116 Å². The smallest absolute Gasteiger partial charge is 0.241 e. The number of rotatable bonds is 8. The summed E-state index contributed by atoms with van der Waals surface area (Å²) >= 11 is 1.86. The Kier molecular flexibility index (Phi) is 7.08. The van der Waals surface area contributed by atoms with Gasteiger partial charge in [0.05, 0.1) is 12.2 Å². The van der Waals surface area contributed by atoms with E-state index in [9.17, 15) is 4.79 Å². The van der Waals surface area contributed by atoms with E-state index in [0.29, 0.717) is 11.9 Å². The molecule has 4 heteroatoms. The lowest BCUT2D eigenvalue weighted by Gasteiger charge is -2.29. The molecule has 1 heterocycles. The van der Waals surface area contributed by atoms with Gasteiger partial charge in [-0.2, -0.15) is 11.8 Å². The molecule has 0 radical (unpaired) electrons. The lowest BCUT2D eigenvalue weighted by Crippen LogP contribution is -2.43. The lowest BCUT2D eigenvalue weighted by molar-refractivity contribution is -0.132. The van der Waals surface area contributed by atoms with E-state index in [1.54, 1.807) is 0 Å². The van der Waals surface area contributed by atoms with Gasteiger partial charge in [-0.15, -0.1) is 0 Å². The summed E-state index contributed by atoms with van der Waals surface area (Å²) in [7, 11) is 0. The molecule has 0 bridgehead atoms. The Bertz CT molecular complexity index is 260. The largest absolute Gasteiger partial charge is 0.323 e. The van der Waals surface area contributed by atoms with Crippen molar-refractivity contribution in [3.05, 3.63) is 0 Å². The van der Waals surface area contributed by atoms with Crippen molar-refractivity contribution in [1.29, 1.82) is 0 Å². The summed E-state index contributed by atoms with van der Waals surface area (Å²) in [4.78, 5) is 14.5. The van der Waals surface area contributed by atoms with Crippen LogP contribution in [0.25, 0.3) is 0 Å². The second-order valence-electron chi connectivity index (χ2n) is 5.16. The Morgan fingerprint density at radius 2 is 2.17 bits per heavy atom. The minimum absolute atomic E-state index is 0.0617. The first-order valence-corrected chi connectivity index (χ1v) is 8.62. The second kappa shape index (κ2) is 8.05. The fourth-order valence-electron chi connectivity index (χ4n) is 2.60. The monoisotopic (exact) mass is 272 g/mol. The van der Waals surface area contributed by atoms with E-state index in [4.69, 9.17) is 0 Å². The van der Waals surface area contributed by atoms with Crippen LogP contribution in [0, 0.1) is 0 Å². The van der Waals surface area contributed by atoms with Crippen LogP contribution in [0.1, 0.15) is 52.9 Å². The minimum Gasteiger partial charge on any atom is -0.323 e. The van der Waals surface area contributed by atoms with Gasteiger partial charge in [0.25, 0.3) is 0 Å². The van der Waals surface area contributed by atoms with Crippen LogP contribution < -0.4 is 5.32 Å². The van der Waals surface area contributed by atoms with Crippen LogP contribution in [-0.2, 0) is 4.79 Å². The maximum Gasteiger partial charge on any atom is 0.241 e. The number of hydrogen-bond donors (Lipinski definition) is 1. The molecule has 3 unspecified atom stereocenters. The summed E-state index contributed by atoms with van der Waals surface area (Å²) < 4.78 is 0. The molecule has 106 valence electrons. The van der Waals surface area contributed by atoms with Crippen LogP contribution in [0.3, 0.4) is 0 Å². The third-order valence-corrected chi connectivity index (χ3v) is 4.37. The Balaban J connectivity index is 2.60. The van der Waals surface area contributed by atoms with Gasteiger partial charge in [0.1, 0.15) is 0 Å². The van der Waals surface area contributed by atoms with Crippen molar-refractivity contribution in [2.24, 2.45) is 0 Å². The van der Waals surface area contributed by atoms with Gasteiger partial charge < -0.3 is 4.90 Å². The minimum atomic E-state index is 0.0617. The maximum absolute atomic E-state index is 12.4. The molecule has 0 aromatic heterocycles. The number of nitrogens with zero attached hydrogens (tertiary/aromatic N) is 1. The first-order valence-electron chi connectivity index (χ1n) is 7.22. The molecule has 0 aromatic rings. The molecule has 1 saturated heterocycles. The normalized spacial score (nSPS) is 25.8. The van der Waals surface area contributed by atoms with Crippen molar-refractivity contribution in [2.75, 3.05) is 12.0 Å². The Hall–Kier alpha value is -0.220. The van der Waals surface area contributed by atoms with Crippen molar-refractivity contribution >= 4 is 17.7 Å². The summed E-state index contributed by atoms with van der Waals surface area (Å²) in [5.74, 6) is 1.45. The first kappa shape index (κ1) is 15.8. The molecule has 0 saturated carbocycles. The highest BCUT2D eigenvalue weighted by Gasteiger charge is 2.39. The van der Waals surface area contributed by atoms with Crippen LogP contribution in [-0.4, -0.2) is 41.1 Å². The molecule has 18 heavy (non-hydrogen) atoms. The van der Waals surface area contributed by atoms with Gasteiger partial charge in [0.15, 0.2) is 0 Å². The van der Waals surface area contributed by atoms with Crippen molar-refractivity contribution in [1.82, 2.24) is 10.2 Å². The SMILES string of the molecule is CCCCC1NC(CC)N(C(C)CCSC)C1=O. The van der Waals surface area contributed by atoms with Gasteiger partial charge in [-0.25, -0.2) is 0 Å². The Morgan fingerprint density at radius 1 is 1.44 bits per heavy atom. The average molecular weight is 272 g/mol. The molecule has 3 atom stereocenters. The Morgan fingerprint density at radius 3 is 2.72 bits per heavy atom. The van der Waals surface area contributed by atoms with Gasteiger partial charge >= 0.3 is 0 Å². The van der Waals surface area contributed by atoms with Gasteiger partial charge in [0, 0.05) is 6.04 Å². The predicted octanol–water partition coefficient (Wildman–Crippen LogP) is 2.85.